The summed E-state index contributed by atoms with van der Waals surface area (Å²) in [5.74, 6) is 1.86. The van der Waals surface area contributed by atoms with Gasteiger partial charge in [0.05, 0.1) is 20.6 Å². The van der Waals surface area contributed by atoms with Crippen molar-refractivity contribution in [2.24, 2.45) is 17.3 Å². The first-order valence-electron chi connectivity index (χ1n) is 8.88. The van der Waals surface area contributed by atoms with Crippen LogP contribution in [0, 0.1) is 17.3 Å². The highest BCUT2D eigenvalue weighted by molar-refractivity contribution is 5.23. The van der Waals surface area contributed by atoms with Crippen LogP contribution >= 0.6 is 0 Å². The van der Waals surface area contributed by atoms with Gasteiger partial charge in [0.2, 0.25) is 0 Å². The summed E-state index contributed by atoms with van der Waals surface area (Å²) >= 11 is 0. The molecular weight excluding hydrogens is 242 g/mol. The van der Waals surface area contributed by atoms with Gasteiger partial charge in [-0.3, -0.25) is 0 Å². The second-order valence-corrected chi connectivity index (χ2v) is 8.55. The number of rotatable bonds is 8. The molecule has 0 radical (unpaired) electrons. The Labute approximate surface area is 127 Å². The van der Waals surface area contributed by atoms with Gasteiger partial charge >= 0.3 is 0 Å². The number of unbranched alkanes of at least 4 members (excludes halogenated alkanes) is 4. The molecule has 1 heteroatoms. The molecule has 3 aliphatic carbocycles. The van der Waals surface area contributed by atoms with Gasteiger partial charge in [0.1, 0.15) is 6.54 Å². The maximum atomic E-state index is 2.58. The van der Waals surface area contributed by atoms with Crippen LogP contribution in [-0.4, -0.2) is 31.7 Å². The molecule has 3 rings (SSSR count). The second-order valence-electron chi connectivity index (χ2n) is 8.55. The van der Waals surface area contributed by atoms with Gasteiger partial charge in [-0.05, 0) is 48.5 Å². The fourth-order valence-electron chi connectivity index (χ4n) is 4.37. The average Bonchev–Trinajstić information content (AvgIpc) is 2.37. The Morgan fingerprint density at radius 3 is 2.45 bits per heavy atom. The van der Waals surface area contributed by atoms with Crippen molar-refractivity contribution < 1.29 is 4.48 Å². The molecule has 1 saturated carbocycles. The zero-order valence-corrected chi connectivity index (χ0v) is 14.5. The lowest BCUT2D eigenvalue weighted by atomic mass is 9.49. The van der Waals surface area contributed by atoms with Crippen LogP contribution < -0.4 is 0 Å². The monoisotopic (exact) mass is 278 g/mol. The van der Waals surface area contributed by atoms with Crippen molar-refractivity contribution in [1.29, 1.82) is 0 Å². The van der Waals surface area contributed by atoms with E-state index >= 15 is 0 Å². The van der Waals surface area contributed by atoms with E-state index in [0.29, 0.717) is 5.41 Å². The van der Waals surface area contributed by atoms with E-state index in [2.05, 4.69) is 40.9 Å². The van der Waals surface area contributed by atoms with Crippen molar-refractivity contribution in [3.63, 3.8) is 0 Å². The lowest BCUT2D eigenvalue weighted by molar-refractivity contribution is -0.886. The van der Waals surface area contributed by atoms with Gasteiger partial charge in [0, 0.05) is 0 Å². The van der Waals surface area contributed by atoms with E-state index in [4.69, 9.17) is 0 Å². The van der Waals surface area contributed by atoms with Crippen LogP contribution in [0.3, 0.4) is 0 Å². The smallest absolute Gasteiger partial charge is 0.100 e. The Balaban J connectivity index is 1.78. The second kappa shape index (κ2) is 6.22. The van der Waals surface area contributed by atoms with Crippen molar-refractivity contribution in [2.75, 3.05) is 27.2 Å². The van der Waals surface area contributed by atoms with Crippen LogP contribution in [0.25, 0.3) is 0 Å². The third kappa shape index (κ3) is 3.47. The van der Waals surface area contributed by atoms with Gasteiger partial charge in [-0.2, -0.15) is 0 Å². The van der Waals surface area contributed by atoms with Crippen LogP contribution in [0.5, 0.6) is 0 Å². The minimum atomic E-state index is 0.589. The summed E-state index contributed by atoms with van der Waals surface area (Å²) in [4.78, 5) is 0. The number of hydrogen-bond acceptors (Lipinski definition) is 0. The van der Waals surface area contributed by atoms with Crippen LogP contribution in [0.1, 0.15) is 65.7 Å². The topological polar surface area (TPSA) is 0 Å². The third-order valence-electron chi connectivity index (χ3n) is 6.06. The maximum absolute atomic E-state index is 2.58. The first-order valence-corrected chi connectivity index (χ1v) is 8.88. The predicted octanol–water partition coefficient (Wildman–Crippen LogP) is 5.03. The Kier molecular flexibility index (Phi) is 5.00. The van der Waals surface area contributed by atoms with Crippen molar-refractivity contribution in [3.8, 4) is 0 Å². The van der Waals surface area contributed by atoms with Crippen LogP contribution in [0.15, 0.2) is 11.6 Å². The van der Waals surface area contributed by atoms with Crippen LogP contribution in [0.2, 0.25) is 0 Å². The Bertz CT molecular complexity index is 351. The van der Waals surface area contributed by atoms with E-state index in [1.165, 1.54) is 62.5 Å². The third-order valence-corrected chi connectivity index (χ3v) is 6.06. The zero-order valence-electron chi connectivity index (χ0n) is 14.5. The van der Waals surface area contributed by atoms with Gasteiger partial charge < -0.3 is 4.48 Å². The molecule has 1 fully saturated rings. The average molecular weight is 279 g/mol. The molecule has 0 aliphatic heterocycles. The molecule has 20 heavy (non-hydrogen) atoms. The first-order chi connectivity index (χ1) is 9.37. The fourth-order valence-corrected chi connectivity index (χ4v) is 4.37. The first kappa shape index (κ1) is 16.1. The largest absolute Gasteiger partial charge is 0.325 e. The highest BCUT2D eigenvalue weighted by Crippen LogP contribution is 2.59. The van der Waals surface area contributed by atoms with Gasteiger partial charge in [0.25, 0.3) is 0 Å². The van der Waals surface area contributed by atoms with Gasteiger partial charge in [-0.25, -0.2) is 0 Å². The predicted molar refractivity (Wildman–Crippen MR) is 88.7 cm³/mol. The number of likely N-dealkylation sites (N-methyl/N-ethyl adjacent to an activating group) is 1. The molecule has 0 spiro atoms. The molecule has 1 nitrogen and oxygen atoms in total. The highest BCUT2D eigenvalue weighted by atomic mass is 15.3. The highest BCUT2D eigenvalue weighted by Gasteiger charge is 2.51. The quantitative estimate of drug-likeness (QED) is 0.332. The number of quaternary nitrogens is 1. The van der Waals surface area contributed by atoms with E-state index < -0.39 is 0 Å². The Hall–Kier alpha value is -0.300. The summed E-state index contributed by atoms with van der Waals surface area (Å²) in [6.07, 6.45) is 12.4. The van der Waals surface area contributed by atoms with E-state index in [1.54, 1.807) is 5.57 Å². The van der Waals surface area contributed by atoms with E-state index in [-0.39, 0.29) is 0 Å². The molecule has 0 aromatic carbocycles. The molecule has 0 unspecified atom stereocenters. The van der Waals surface area contributed by atoms with E-state index in [0.717, 1.165) is 11.8 Å². The number of nitrogens with zero attached hydrogens (tertiary/aromatic N) is 1. The molecule has 0 amide bonds. The molecule has 0 aromatic heterocycles. The van der Waals surface area contributed by atoms with Crippen molar-refractivity contribution >= 4 is 0 Å². The summed E-state index contributed by atoms with van der Waals surface area (Å²) in [6, 6.07) is 0. The SMILES string of the molecule is CCCCCCC[N+](C)(C)CC1=CC[C@@H]2C[C@@H]1C2(C)C. The maximum Gasteiger partial charge on any atom is 0.100 e. The minimum Gasteiger partial charge on any atom is -0.325 e. The van der Waals surface area contributed by atoms with Crippen LogP contribution in [-0.2, 0) is 0 Å². The normalized spacial score (nSPS) is 27.9. The summed E-state index contributed by atoms with van der Waals surface area (Å²) in [6.45, 7) is 9.91. The fraction of sp³-hybridized carbons (Fsp3) is 0.895. The molecule has 2 atom stereocenters. The Morgan fingerprint density at radius 2 is 1.85 bits per heavy atom. The van der Waals surface area contributed by atoms with Gasteiger partial charge in [-0.15, -0.1) is 0 Å². The zero-order chi connectivity index (χ0) is 14.8. The lowest BCUT2D eigenvalue weighted by Crippen LogP contribution is -2.52. The molecule has 2 bridgehead atoms. The summed E-state index contributed by atoms with van der Waals surface area (Å²) in [5, 5.41) is 0. The number of allylic oxidation sites excluding steroid dienone is 1. The standard InChI is InChI=1S/C19H36N/c1-6-7-8-9-10-13-20(4,5)15-16-11-12-17-14-18(16)19(17,2)3/h11,17-18H,6-10,12-15H2,1-5H3/q+1/t17-,18+/m1/s1. The van der Waals surface area contributed by atoms with Gasteiger partial charge in [0.15, 0.2) is 0 Å². The summed E-state index contributed by atoms with van der Waals surface area (Å²) in [5.41, 5.74) is 2.36. The van der Waals surface area contributed by atoms with Crippen molar-refractivity contribution in [3.05, 3.63) is 11.6 Å². The molecular formula is C19H36N+. The minimum absolute atomic E-state index is 0.589. The molecule has 0 aromatic rings. The summed E-state index contributed by atoms with van der Waals surface area (Å²) in [7, 11) is 4.86. The van der Waals surface area contributed by atoms with E-state index in [1.807, 2.05) is 0 Å². The van der Waals surface area contributed by atoms with Crippen LogP contribution in [0.4, 0.5) is 0 Å². The summed E-state index contributed by atoms with van der Waals surface area (Å²) < 4.78 is 1.19. The molecule has 0 saturated heterocycles. The molecule has 0 N–H and O–H groups in total. The molecule has 116 valence electrons. The number of hydrogen-bond donors (Lipinski definition) is 0. The Morgan fingerprint density at radius 1 is 1.15 bits per heavy atom. The van der Waals surface area contributed by atoms with Gasteiger partial charge in [-0.1, -0.05) is 46.1 Å². The number of fused-ring (bicyclic) bond motifs is 1. The van der Waals surface area contributed by atoms with Crippen molar-refractivity contribution in [2.45, 2.75) is 65.7 Å². The van der Waals surface area contributed by atoms with E-state index in [9.17, 15) is 0 Å². The van der Waals surface area contributed by atoms with Crippen molar-refractivity contribution in [1.82, 2.24) is 0 Å². The molecule has 3 aliphatic rings. The molecule has 0 heterocycles. The lowest BCUT2D eigenvalue weighted by Gasteiger charge is -2.57.